The van der Waals surface area contributed by atoms with Gasteiger partial charge in [0.25, 0.3) is 0 Å². The molecule has 0 saturated carbocycles. The Morgan fingerprint density at radius 2 is 1.91 bits per heavy atom. The fourth-order valence-corrected chi connectivity index (χ4v) is 2.44. The van der Waals surface area contributed by atoms with Gasteiger partial charge in [-0.3, -0.25) is 0 Å². The number of rotatable bonds is 8. The molecule has 0 aliphatic heterocycles. The summed E-state index contributed by atoms with van der Waals surface area (Å²) in [5, 5.41) is 6.03. The summed E-state index contributed by atoms with van der Waals surface area (Å²) in [6, 6.07) is 8.38. The van der Waals surface area contributed by atoms with Crippen LogP contribution in [0.25, 0.3) is 0 Å². The van der Waals surface area contributed by atoms with Crippen molar-refractivity contribution in [2.75, 3.05) is 6.54 Å². The van der Waals surface area contributed by atoms with E-state index in [4.69, 9.17) is 0 Å². The van der Waals surface area contributed by atoms with E-state index in [1.54, 1.807) is 0 Å². The zero-order valence-electron chi connectivity index (χ0n) is 14.8. The highest BCUT2D eigenvalue weighted by Crippen LogP contribution is 2.24. The van der Waals surface area contributed by atoms with E-state index in [9.17, 15) is 4.79 Å². The van der Waals surface area contributed by atoms with Crippen LogP contribution in [0.5, 0.6) is 0 Å². The van der Waals surface area contributed by atoms with Crippen LogP contribution in [0.15, 0.2) is 24.3 Å². The average molecular weight is 304 g/mol. The number of unbranched alkanes of at least 4 members (excludes halogenated alkanes) is 3. The Morgan fingerprint density at radius 1 is 1.18 bits per heavy atom. The van der Waals surface area contributed by atoms with Gasteiger partial charge in [-0.2, -0.15) is 0 Å². The van der Waals surface area contributed by atoms with Crippen LogP contribution in [-0.2, 0) is 5.54 Å². The summed E-state index contributed by atoms with van der Waals surface area (Å²) in [4.78, 5) is 12.1. The van der Waals surface area contributed by atoms with E-state index < -0.39 is 0 Å². The fraction of sp³-hybridized carbons (Fsp3) is 0.632. The van der Waals surface area contributed by atoms with Crippen molar-refractivity contribution in [3.63, 3.8) is 0 Å². The van der Waals surface area contributed by atoms with E-state index in [2.05, 4.69) is 55.7 Å². The first kappa shape index (κ1) is 18.5. The number of hydrogen-bond acceptors (Lipinski definition) is 1. The Bertz CT molecular complexity index is 466. The fourth-order valence-electron chi connectivity index (χ4n) is 2.44. The Balaban J connectivity index is 2.55. The molecule has 0 atom stereocenters. The molecule has 1 aromatic rings. The third-order valence-electron chi connectivity index (χ3n) is 4.02. The monoisotopic (exact) mass is 304 g/mol. The molecule has 0 radical (unpaired) electrons. The molecule has 0 aromatic heterocycles. The molecular weight excluding hydrogens is 272 g/mol. The van der Waals surface area contributed by atoms with E-state index >= 15 is 0 Å². The summed E-state index contributed by atoms with van der Waals surface area (Å²) in [6.07, 6.45) is 4.67. The largest absolute Gasteiger partial charge is 0.338 e. The highest BCUT2D eigenvalue weighted by Gasteiger charge is 2.23. The summed E-state index contributed by atoms with van der Waals surface area (Å²) in [5.41, 5.74) is 2.06. The molecule has 0 aliphatic rings. The van der Waals surface area contributed by atoms with E-state index in [1.165, 1.54) is 24.8 Å². The maximum Gasteiger partial charge on any atom is 0.315 e. The first-order valence-electron chi connectivity index (χ1n) is 8.53. The predicted molar refractivity (Wildman–Crippen MR) is 94.2 cm³/mol. The summed E-state index contributed by atoms with van der Waals surface area (Å²) < 4.78 is 0. The van der Waals surface area contributed by atoms with Gasteiger partial charge < -0.3 is 10.6 Å². The van der Waals surface area contributed by atoms with Gasteiger partial charge in [0.05, 0.1) is 5.54 Å². The normalized spacial score (nSPS) is 11.5. The summed E-state index contributed by atoms with van der Waals surface area (Å²) in [6.45, 7) is 11.4. The minimum Gasteiger partial charge on any atom is -0.338 e. The lowest BCUT2D eigenvalue weighted by Gasteiger charge is -2.28. The molecular formula is C19H32N2O. The van der Waals surface area contributed by atoms with Gasteiger partial charge in [0.1, 0.15) is 0 Å². The van der Waals surface area contributed by atoms with Gasteiger partial charge in [0.15, 0.2) is 0 Å². The molecule has 0 aliphatic carbocycles. The van der Waals surface area contributed by atoms with Crippen molar-refractivity contribution >= 4 is 6.03 Å². The van der Waals surface area contributed by atoms with Crippen LogP contribution < -0.4 is 10.6 Å². The van der Waals surface area contributed by atoms with Crippen molar-refractivity contribution in [3.05, 3.63) is 35.4 Å². The molecule has 124 valence electrons. The minimum atomic E-state index is -0.377. The van der Waals surface area contributed by atoms with Crippen molar-refractivity contribution in [1.29, 1.82) is 0 Å². The molecule has 3 nitrogen and oxygen atoms in total. The summed E-state index contributed by atoms with van der Waals surface area (Å²) in [7, 11) is 0. The molecule has 0 spiro atoms. The summed E-state index contributed by atoms with van der Waals surface area (Å²) >= 11 is 0. The Labute approximate surface area is 135 Å². The zero-order chi connectivity index (χ0) is 16.6. The molecule has 22 heavy (non-hydrogen) atoms. The Kier molecular flexibility index (Phi) is 7.43. The SMILES string of the molecule is CCCCCCNC(=O)NC(C)(C)c1cccc(C(C)C)c1. The molecule has 1 rings (SSSR count). The molecule has 0 bridgehead atoms. The van der Waals surface area contributed by atoms with Crippen LogP contribution >= 0.6 is 0 Å². The Morgan fingerprint density at radius 3 is 2.55 bits per heavy atom. The van der Waals surface area contributed by atoms with Crippen molar-refractivity contribution in [2.45, 2.75) is 71.8 Å². The molecule has 0 saturated heterocycles. The lowest BCUT2D eigenvalue weighted by atomic mass is 9.90. The second kappa shape index (κ2) is 8.82. The van der Waals surface area contributed by atoms with Crippen LogP contribution in [0.3, 0.4) is 0 Å². The van der Waals surface area contributed by atoms with Crippen molar-refractivity contribution in [3.8, 4) is 0 Å². The van der Waals surface area contributed by atoms with Crippen LogP contribution in [-0.4, -0.2) is 12.6 Å². The third kappa shape index (κ3) is 6.08. The lowest BCUT2D eigenvalue weighted by molar-refractivity contribution is 0.229. The highest BCUT2D eigenvalue weighted by molar-refractivity contribution is 5.74. The maximum atomic E-state index is 12.1. The van der Waals surface area contributed by atoms with Crippen LogP contribution in [0.2, 0.25) is 0 Å². The molecule has 2 N–H and O–H groups in total. The topological polar surface area (TPSA) is 41.1 Å². The summed E-state index contributed by atoms with van der Waals surface area (Å²) in [5.74, 6) is 0.489. The third-order valence-corrected chi connectivity index (χ3v) is 4.02. The van der Waals surface area contributed by atoms with Gasteiger partial charge in [0, 0.05) is 6.54 Å². The highest BCUT2D eigenvalue weighted by atomic mass is 16.2. The number of carbonyl (C=O) groups is 1. The molecule has 0 fully saturated rings. The number of hydrogen-bond donors (Lipinski definition) is 2. The standard InChI is InChI=1S/C19H32N2O/c1-6-7-8-9-13-20-18(22)21-19(4,5)17-12-10-11-16(14-17)15(2)3/h10-12,14-15H,6-9,13H2,1-5H3,(H2,20,21,22). The van der Waals surface area contributed by atoms with Crippen LogP contribution in [0.1, 0.15) is 77.3 Å². The second-order valence-electron chi connectivity index (χ2n) is 6.85. The molecule has 0 heterocycles. The number of benzene rings is 1. The quantitative estimate of drug-likeness (QED) is 0.657. The molecule has 1 aromatic carbocycles. The van der Waals surface area contributed by atoms with Crippen LogP contribution in [0.4, 0.5) is 4.79 Å². The molecule has 3 heteroatoms. The van der Waals surface area contributed by atoms with E-state index in [0.29, 0.717) is 5.92 Å². The molecule has 0 unspecified atom stereocenters. The van der Waals surface area contributed by atoms with Gasteiger partial charge in [-0.25, -0.2) is 4.79 Å². The zero-order valence-corrected chi connectivity index (χ0v) is 14.8. The van der Waals surface area contributed by atoms with E-state index in [0.717, 1.165) is 18.5 Å². The van der Waals surface area contributed by atoms with E-state index in [1.807, 2.05) is 13.8 Å². The smallest absolute Gasteiger partial charge is 0.315 e. The number of urea groups is 1. The average Bonchev–Trinajstić information content (AvgIpc) is 2.46. The van der Waals surface area contributed by atoms with E-state index in [-0.39, 0.29) is 11.6 Å². The van der Waals surface area contributed by atoms with Gasteiger partial charge >= 0.3 is 6.03 Å². The van der Waals surface area contributed by atoms with Gasteiger partial charge in [-0.15, -0.1) is 0 Å². The van der Waals surface area contributed by atoms with Gasteiger partial charge in [-0.05, 0) is 37.3 Å². The van der Waals surface area contributed by atoms with Crippen molar-refractivity contribution in [1.82, 2.24) is 10.6 Å². The van der Waals surface area contributed by atoms with Crippen molar-refractivity contribution < 1.29 is 4.79 Å². The number of nitrogens with one attached hydrogen (secondary N) is 2. The van der Waals surface area contributed by atoms with Gasteiger partial charge in [-0.1, -0.05) is 64.3 Å². The lowest BCUT2D eigenvalue weighted by Crippen LogP contribution is -2.46. The second-order valence-corrected chi connectivity index (χ2v) is 6.85. The number of amides is 2. The van der Waals surface area contributed by atoms with Crippen LogP contribution in [0, 0.1) is 0 Å². The van der Waals surface area contributed by atoms with Crippen molar-refractivity contribution in [2.24, 2.45) is 0 Å². The molecule has 2 amide bonds. The van der Waals surface area contributed by atoms with Gasteiger partial charge in [0.2, 0.25) is 0 Å². The maximum absolute atomic E-state index is 12.1. The number of carbonyl (C=O) groups excluding carboxylic acids is 1. The Hall–Kier alpha value is -1.51. The first-order valence-corrected chi connectivity index (χ1v) is 8.53. The minimum absolute atomic E-state index is 0.0866. The first-order chi connectivity index (χ1) is 10.4. The predicted octanol–water partition coefficient (Wildman–Crippen LogP) is 4.92.